The minimum atomic E-state index is -0.308. The molecule has 1 N–H and O–H groups in total. The van der Waals surface area contributed by atoms with E-state index in [1.807, 2.05) is 31.2 Å². The minimum Gasteiger partial charge on any atom is -0.352 e. The van der Waals surface area contributed by atoms with Crippen molar-refractivity contribution < 1.29 is 9.18 Å². The van der Waals surface area contributed by atoms with Crippen molar-refractivity contribution in [1.29, 1.82) is 0 Å². The van der Waals surface area contributed by atoms with E-state index >= 15 is 0 Å². The van der Waals surface area contributed by atoms with Crippen molar-refractivity contribution >= 4 is 21.8 Å². The Bertz CT molecular complexity index is 642. The van der Waals surface area contributed by atoms with Gasteiger partial charge >= 0.3 is 0 Å². The van der Waals surface area contributed by atoms with Crippen LogP contribution < -0.4 is 5.32 Å². The van der Waals surface area contributed by atoms with Crippen molar-refractivity contribution in [2.24, 2.45) is 0 Å². The number of carbonyl (C=O) groups excluding carboxylic acids is 1. The van der Waals surface area contributed by atoms with Gasteiger partial charge in [0, 0.05) is 23.0 Å². The third-order valence-corrected chi connectivity index (χ3v) is 3.86. The van der Waals surface area contributed by atoms with Gasteiger partial charge < -0.3 is 5.32 Å². The third kappa shape index (κ3) is 4.67. The third-order valence-electron chi connectivity index (χ3n) is 3.37. The first-order valence-corrected chi connectivity index (χ1v) is 7.60. The van der Waals surface area contributed by atoms with Crippen LogP contribution in [-0.4, -0.2) is 5.91 Å². The van der Waals surface area contributed by atoms with Crippen molar-refractivity contribution in [2.75, 3.05) is 0 Å². The molecule has 2 nitrogen and oxygen atoms in total. The van der Waals surface area contributed by atoms with Gasteiger partial charge in [0.2, 0.25) is 5.91 Å². The van der Waals surface area contributed by atoms with Gasteiger partial charge in [0.1, 0.15) is 5.82 Å². The monoisotopic (exact) mass is 349 g/mol. The highest BCUT2D eigenvalue weighted by molar-refractivity contribution is 9.10. The normalized spacial score (nSPS) is 10.4. The molecule has 0 fully saturated rings. The highest BCUT2D eigenvalue weighted by Crippen LogP contribution is 2.15. The summed E-state index contributed by atoms with van der Waals surface area (Å²) in [5, 5.41) is 2.76. The maximum atomic E-state index is 13.6. The maximum Gasteiger partial charge on any atom is 0.220 e. The Morgan fingerprint density at radius 1 is 1.19 bits per heavy atom. The molecule has 0 aliphatic carbocycles. The van der Waals surface area contributed by atoms with E-state index in [2.05, 4.69) is 21.2 Å². The first-order valence-electron chi connectivity index (χ1n) is 6.81. The lowest BCUT2D eigenvalue weighted by molar-refractivity contribution is -0.121. The molecule has 2 aromatic carbocycles. The molecule has 0 aromatic heterocycles. The molecule has 2 rings (SSSR count). The average Bonchev–Trinajstić information content (AvgIpc) is 2.47. The standard InChI is InChI=1S/C17H17BrFNO/c1-12-4-2-3-5-13(12)6-9-17(21)20-11-14-10-15(18)7-8-16(14)19/h2-5,7-8,10H,6,9,11H2,1H3,(H,20,21). The van der Waals surface area contributed by atoms with Crippen LogP contribution in [0.2, 0.25) is 0 Å². The zero-order valence-corrected chi connectivity index (χ0v) is 13.4. The van der Waals surface area contributed by atoms with Crippen LogP contribution in [0.5, 0.6) is 0 Å². The molecule has 0 saturated heterocycles. The van der Waals surface area contributed by atoms with Crippen LogP contribution in [0.3, 0.4) is 0 Å². The van der Waals surface area contributed by atoms with Crippen LogP contribution in [-0.2, 0) is 17.8 Å². The van der Waals surface area contributed by atoms with Crippen molar-refractivity contribution in [3.05, 3.63) is 69.4 Å². The molecular formula is C17H17BrFNO. The Kier molecular flexibility index (Phi) is 5.51. The second-order valence-corrected chi connectivity index (χ2v) is 5.85. The second-order valence-electron chi connectivity index (χ2n) is 4.94. The van der Waals surface area contributed by atoms with E-state index in [9.17, 15) is 9.18 Å². The summed E-state index contributed by atoms with van der Waals surface area (Å²) in [5.74, 6) is -0.380. The van der Waals surface area contributed by atoms with E-state index in [1.165, 1.54) is 17.2 Å². The summed E-state index contributed by atoms with van der Waals surface area (Å²) in [6, 6.07) is 12.7. The predicted molar refractivity (Wildman–Crippen MR) is 85.4 cm³/mol. The van der Waals surface area contributed by atoms with Gasteiger partial charge in [0.05, 0.1) is 0 Å². The number of nitrogens with one attached hydrogen (secondary N) is 1. The molecule has 0 bridgehead atoms. The lowest BCUT2D eigenvalue weighted by Gasteiger charge is -2.08. The Hall–Kier alpha value is -1.68. The number of carbonyl (C=O) groups is 1. The molecule has 0 aliphatic rings. The Morgan fingerprint density at radius 2 is 1.95 bits per heavy atom. The highest BCUT2D eigenvalue weighted by atomic mass is 79.9. The van der Waals surface area contributed by atoms with Gasteiger partial charge in [-0.15, -0.1) is 0 Å². The SMILES string of the molecule is Cc1ccccc1CCC(=O)NCc1cc(Br)ccc1F. The van der Waals surface area contributed by atoms with Crippen molar-refractivity contribution in [2.45, 2.75) is 26.3 Å². The summed E-state index contributed by atoms with van der Waals surface area (Å²) in [5.41, 5.74) is 2.83. The second kappa shape index (κ2) is 7.36. The summed E-state index contributed by atoms with van der Waals surface area (Å²) >= 11 is 3.29. The van der Waals surface area contributed by atoms with E-state index in [1.54, 1.807) is 12.1 Å². The summed E-state index contributed by atoms with van der Waals surface area (Å²) in [4.78, 5) is 11.9. The topological polar surface area (TPSA) is 29.1 Å². The zero-order valence-electron chi connectivity index (χ0n) is 11.8. The van der Waals surface area contributed by atoms with Crippen molar-refractivity contribution in [3.8, 4) is 0 Å². The fraction of sp³-hybridized carbons (Fsp3) is 0.235. The van der Waals surface area contributed by atoms with E-state index in [0.717, 1.165) is 4.47 Å². The molecule has 0 radical (unpaired) electrons. The molecule has 1 amide bonds. The summed E-state index contributed by atoms with van der Waals surface area (Å²) in [7, 11) is 0. The number of hydrogen-bond donors (Lipinski definition) is 1. The van der Waals surface area contributed by atoms with Crippen LogP contribution in [0.25, 0.3) is 0 Å². The van der Waals surface area contributed by atoms with E-state index in [-0.39, 0.29) is 18.3 Å². The van der Waals surface area contributed by atoms with Gasteiger partial charge in [0.15, 0.2) is 0 Å². The lowest BCUT2D eigenvalue weighted by atomic mass is 10.0. The minimum absolute atomic E-state index is 0.0716. The predicted octanol–water partition coefficient (Wildman–Crippen LogP) is 4.15. The molecule has 4 heteroatoms. The van der Waals surface area contributed by atoms with E-state index in [4.69, 9.17) is 0 Å². The van der Waals surface area contributed by atoms with E-state index < -0.39 is 0 Å². The maximum absolute atomic E-state index is 13.6. The van der Waals surface area contributed by atoms with Crippen LogP contribution in [0.4, 0.5) is 4.39 Å². The zero-order chi connectivity index (χ0) is 15.2. The largest absolute Gasteiger partial charge is 0.352 e. The van der Waals surface area contributed by atoms with Gasteiger partial charge in [-0.05, 0) is 42.7 Å². The lowest BCUT2D eigenvalue weighted by Crippen LogP contribution is -2.23. The van der Waals surface area contributed by atoms with Gasteiger partial charge in [0.25, 0.3) is 0 Å². The molecule has 21 heavy (non-hydrogen) atoms. The molecule has 0 unspecified atom stereocenters. The highest BCUT2D eigenvalue weighted by Gasteiger charge is 2.07. The molecule has 0 spiro atoms. The number of amides is 1. The fourth-order valence-corrected chi connectivity index (χ4v) is 2.51. The van der Waals surface area contributed by atoms with Crippen LogP contribution in [0.15, 0.2) is 46.9 Å². The van der Waals surface area contributed by atoms with Crippen molar-refractivity contribution in [1.82, 2.24) is 5.32 Å². The van der Waals surface area contributed by atoms with Gasteiger partial charge in [-0.3, -0.25) is 4.79 Å². The Morgan fingerprint density at radius 3 is 2.71 bits per heavy atom. The molecule has 110 valence electrons. The van der Waals surface area contributed by atoms with E-state index in [0.29, 0.717) is 18.4 Å². The van der Waals surface area contributed by atoms with Gasteiger partial charge in [-0.2, -0.15) is 0 Å². The summed E-state index contributed by atoms with van der Waals surface area (Å²) in [6.07, 6.45) is 1.10. The molecule has 2 aromatic rings. The smallest absolute Gasteiger partial charge is 0.220 e. The van der Waals surface area contributed by atoms with Gasteiger partial charge in [-0.1, -0.05) is 40.2 Å². The van der Waals surface area contributed by atoms with Crippen LogP contribution in [0.1, 0.15) is 23.1 Å². The molecule has 0 aliphatic heterocycles. The first-order chi connectivity index (χ1) is 10.1. The average molecular weight is 350 g/mol. The number of hydrogen-bond acceptors (Lipinski definition) is 1. The Labute approximate surface area is 132 Å². The molecule has 0 saturated carbocycles. The number of benzene rings is 2. The summed E-state index contributed by atoms with van der Waals surface area (Å²) in [6.45, 7) is 2.24. The molecule has 0 heterocycles. The first kappa shape index (κ1) is 15.7. The number of halogens is 2. The summed E-state index contributed by atoms with van der Waals surface area (Å²) < 4.78 is 14.4. The quantitative estimate of drug-likeness (QED) is 0.863. The number of aryl methyl sites for hydroxylation is 2. The molecule has 0 atom stereocenters. The van der Waals surface area contributed by atoms with Crippen LogP contribution in [0, 0.1) is 12.7 Å². The molecular weight excluding hydrogens is 333 g/mol. The van der Waals surface area contributed by atoms with Crippen LogP contribution >= 0.6 is 15.9 Å². The van der Waals surface area contributed by atoms with Crippen molar-refractivity contribution in [3.63, 3.8) is 0 Å². The Balaban J connectivity index is 1.85. The number of rotatable bonds is 5. The van der Waals surface area contributed by atoms with Gasteiger partial charge in [-0.25, -0.2) is 4.39 Å². The fourth-order valence-electron chi connectivity index (χ4n) is 2.10.